The second-order valence-corrected chi connectivity index (χ2v) is 4.03. The van der Waals surface area contributed by atoms with E-state index in [1.54, 1.807) is 7.05 Å². The summed E-state index contributed by atoms with van der Waals surface area (Å²) in [4.78, 5) is 31.9. The van der Waals surface area contributed by atoms with Crippen LogP contribution < -0.4 is 10.6 Å². The van der Waals surface area contributed by atoms with Crippen molar-refractivity contribution in [2.45, 2.75) is 18.7 Å². The third-order valence-electron chi connectivity index (χ3n) is 1.43. The lowest BCUT2D eigenvalue weighted by Gasteiger charge is -2.14. The maximum absolute atomic E-state index is 11.1. The van der Waals surface area contributed by atoms with E-state index in [1.165, 1.54) is 6.92 Å². The van der Waals surface area contributed by atoms with Crippen LogP contribution in [0.3, 0.4) is 0 Å². The van der Waals surface area contributed by atoms with Gasteiger partial charge in [0.05, 0.1) is 5.37 Å². The molecule has 0 aromatic carbocycles. The highest BCUT2D eigenvalue weighted by molar-refractivity contribution is 8.14. The molecule has 15 heavy (non-hydrogen) atoms. The molecule has 0 radical (unpaired) electrons. The fourth-order valence-corrected chi connectivity index (χ4v) is 1.57. The lowest BCUT2D eigenvalue weighted by Crippen LogP contribution is -2.37. The molecule has 1 unspecified atom stereocenters. The Hall–Kier alpha value is -1.08. The van der Waals surface area contributed by atoms with Gasteiger partial charge in [-0.2, -0.15) is 0 Å². The summed E-state index contributed by atoms with van der Waals surface area (Å²) in [5.74, 6) is -1.34. The Balaban J connectivity index is 3.92. The molecule has 0 aliphatic carbocycles. The van der Waals surface area contributed by atoms with E-state index in [-0.39, 0.29) is 17.8 Å². The average Bonchev–Trinajstić information content (AvgIpc) is 2.10. The zero-order valence-electron chi connectivity index (χ0n) is 8.57. The van der Waals surface area contributed by atoms with Crippen molar-refractivity contribution in [3.63, 3.8) is 0 Å². The van der Waals surface area contributed by atoms with E-state index < -0.39 is 17.5 Å². The predicted molar refractivity (Wildman–Crippen MR) is 56.4 cm³/mol. The largest absolute Gasteiger partial charge is 0.481 e. The highest BCUT2D eigenvalue weighted by Crippen LogP contribution is 2.10. The summed E-state index contributed by atoms with van der Waals surface area (Å²) in [5, 5.41) is 13.0. The Morgan fingerprint density at radius 2 is 2.00 bits per heavy atom. The van der Waals surface area contributed by atoms with Gasteiger partial charge in [-0.05, 0) is 7.05 Å². The van der Waals surface area contributed by atoms with Gasteiger partial charge in [0.15, 0.2) is 0 Å². The molecule has 0 saturated heterocycles. The van der Waals surface area contributed by atoms with E-state index in [0.29, 0.717) is 0 Å². The maximum Gasteiger partial charge on any atom is 0.311 e. The van der Waals surface area contributed by atoms with Gasteiger partial charge in [-0.15, -0.1) is 0 Å². The number of hydrogen-bond donors (Lipinski definition) is 3. The van der Waals surface area contributed by atoms with Crippen molar-refractivity contribution >= 4 is 28.8 Å². The number of hydrogen-bond acceptors (Lipinski definition) is 5. The molecule has 86 valence electrons. The molecule has 3 N–H and O–H groups in total. The van der Waals surface area contributed by atoms with Gasteiger partial charge in [-0.1, -0.05) is 11.8 Å². The fourth-order valence-electron chi connectivity index (χ4n) is 0.763. The van der Waals surface area contributed by atoms with E-state index in [1.807, 2.05) is 0 Å². The Bertz CT molecular complexity index is 257. The smallest absolute Gasteiger partial charge is 0.311 e. The summed E-state index contributed by atoms with van der Waals surface area (Å²) in [7, 11) is 1.63. The first-order valence-corrected chi connectivity index (χ1v) is 5.16. The van der Waals surface area contributed by atoms with Crippen molar-refractivity contribution in [1.82, 2.24) is 10.6 Å². The molecule has 6 nitrogen and oxygen atoms in total. The molecule has 0 rings (SSSR count). The van der Waals surface area contributed by atoms with Crippen molar-refractivity contribution in [3.05, 3.63) is 0 Å². The Morgan fingerprint density at radius 1 is 1.40 bits per heavy atom. The number of carboxylic acid groups (broad SMARTS) is 1. The quantitative estimate of drug-likeness (QED) is 0.419. The summed E-state index contributed by atoms with van der Waals surface area (Å²) >= 11 is 0.869. The van der Waals surface area contributed by atoms with Crippen molar-refractivity contribution in [3.8, 4) is 0 Å². The van der Waals surface area contributed by atoms with Crippen LogP contribution in [0.1, 0.15) is 13.3 Å². The van der Waals surface area contributed by atoms with Crippen LogP contribution in [0.2, 0.25) is 0 Å². The maximum atomic E-state index is 11.1. The van der Waals surface area contributed by atoms with E-state index in [0.717, 1.165) is 11.8 Å². The predicted octanol–water partition coefficient (Wildman–Crippen LogP) is -0.597. The summed E-state index contributed by atoms with van der Waals surface area (Å²) in [6.07, 6.45) is -0.511. The SMILES string of the molecule is CNC(CNC(C)=O)SC(=O)CC(=O)O. The van der Waals surface area contributed by atoms with Crippen LogP contribution in [-0.2, 0) is 14.4 Å². The molecular formula is C8H14N2O4S. The van der Waals surface area contributed by atoms with Crippen LogP contribution in [0.25, 0.3) is 0 Å². The Kier molecular flexibility index (Phi) is 6.72. The van der Waals surface area contributed by atoms with Crippen LogP contribution in [0, 0.1) is 0 Å². The van der Waals surface area contributed by atoms with E-state index in [4.69, 9.17) is 5.11 Å². The summed E-state index contributed by atoms with van der Waals surface area (Å²) < 4.78 is 0. The number of likely N-dealkylation sites (N-methyl/N-ethyl adjacent to an activating group) is 1. The second kappa shape index (κ2) is 7.24. The number of nitrogens with one attached hydrogen (secondary N) is 2. The molecule has 0 bridgehead atoms. The van der Waals surface area contributed by atoms with Gasteiger partial charge in [0.1, 0.15) is 6.42 Å². The Labute approximate surface area is 91.8 Å². The van der Waals surface area contributed by atoms with Crippen LogP contribution >= 0.6 is 11.8 Å². The minimum Gasteiger partial charge on any atom is -0.481 e. The number of rotatable bonds is 6. The summed E-state index contributed by atoms with van der Waals surface area (Å²) in [5.41, 5.74) is 0. The first-order chi connectivity index (χ1) is 6.95. The molecule has 7 heteroatoms. The molecule has 1 amide bonds. The van der Waals surface area contributed by atoms with Crippen LogP contribution in [0.5, 0.6) is 0 Å². The minimum absolute atomic E-state index is 0.193. The van der Waals surface area contributed by atoms with Gasteiger partial charge in [-0.25, -0.2) is 0 Å². The molecule has 0 fully saturated rings. The Morgan fingerprint density at radius 3 is 2.40 bits per heavy atom. The number of carbonyl (C=O) groups is 3. The number of carbonyl (C=O) groups excluding carboxylic acids is 2. The normalized spacial score (nSPS) is 11.9. The molecule has 0 spiro atoms. The molecule has 0 aromatic rings. The van der Waals surface area contributed by atoms with E-state index in [2.05, 4.69) is 10.6 Å². The molecular weight excluding hydrogens is 220 g/mol. The second-order valence-electron chi connectivity index (χ2n) is 2.77. The number of amides is 1. The van der Waals surface area contributed by atoms with E-state index >= 15 is 0 Å². The minimum atomic E-state index is -1.15. The number of carboxylic acids is 1. The zero-order valence-corrected chi connectivity index (χ0v) is 9.39. The highest BCUT2D eigenvalue weighted by Gasteiger charge is 2.15. The number of thioether (sulfide) groups is 1. The van der Waals surface area contributed by atoms with Crippen LogP contribution in [0.4, 0.5) is 0 Å². The van der Waals surface area contributed by atoms with Crippen LogP contribution in [0.15, 0.2) is 0 Å². The lowest BCUT2D eigenvalue weighted by molar-refractivity contribution is -0.138. The van der Waals surface area contributed by atoms with Gasteiger partial charge < -0.3 is 15.7 Å². The third kappa shape index (κ3) is 7.95. The van der Waals surface area contributed by atoms with Crippen molar-refractivity contribution in [1.29, 1.82) is 0 Å². The summed E-state index contributed by atoms with van der Waals surface area (Å²) in [6, 6.07) is 0. The van der Waals surface area contributed by atoms with Gasteiger partial charge in [0.25, 0.3) is 0 Å². The third-order valence-corrected chi connectivity index (χ3v) is 2.52. The number of aliphatic carboxylic acids is 1. The zero-order chi connectivity index (χ0) is 11.8. The standard InChI is InChI=1S/C8H14N2O4S/c1-5(11)10-4-6(9-2)15-8(14)3-7(12)13/h6,9H,3-4H2,1-2H3,(H,10,11)(H,12,13). The molecule has 0 aliphatic rings. The highest BCUT2D eigenvalue weighted by atomic mass is 32.2. The van der Waals surface area contributed by atoms with Crippen molar-refractivity contribution < 1.29 is 19.5 Å². The molecule has 1 atom stereocenters. The first kappa shape index (κ1) is 13.9. The molecule has 0 heterocycles. The first-order valence-electron chi connectivity index (χ1n) is 4.28. The lowest BCUT2D eigenvalue weighted by atomic mass is 10.5. The topological polar surface area (TPSA) is 95.5 Å². The van der Waals surface area contributed by atoms with Gasteiger partial charge in [-0.3, -0.25) is 14.4 Å². The van der Waals surface area contributed by atoms with E-state index in [9.17, 15) is 14.4 Å². The van der Waals surface area contributed by atoms with Gasteiger partial charge in [0.2, 0.25) is 11.0 Å². The fraction of sp³-hybridized carbons (Fsp3) is 0.625. The molecule has 0 saturated carbocycles. The average molecular weight is 234 g/mol. The van der Waals surface area contributed by atoms with Crippen molar-refractivity contribution in [2.24, 2.45) is 0 Å². The molecule has 0 aliphatic heterocycles. The van der Waals surface area contributed by atoms with Crippen LogP contribution in [-0.4, -0.2) is 41.1 Å². The summed E-state index contributed by atoms with van der Waals surface area (Å²) in [6.45, 7) is 1.65. The monoisotopic (exact) mass is 234 g/mol. The van der Waals surface area contributed by atoms with Gasteiger partial charge >= 0.3 is 5.97 Å². The van der Waals surface area contributed by atoms with Crippen molar-refractivity contribution in [2.75, 3.05) is 13.6 Å². The van der Waals surface area contributed by atoms with Gasteiger partial charge in [0, 0.05) is 13.5 Å². The molecule has 0 aromatic heterocycles.